The van der Waals surface area contributed by atoms with Gasteiger partial charge in [-0.05, 0) is 54.6 Å². The molecule has 2 aliphatic rings. The Hall–Kier alpha value is -3.19. The predicted molar refractivity (Wildman–Crippen MR) is 113 cm³/mol. The van der Waals surface area contributed by atoms with E-state index in [2.05, 4.69) is 16.7 Å². The van der Waals surface area contributed by atoms with Gasteiger partial charge in [-0.1, -0.05) is 30.3 Å². The number of hydrogen-bond donors (Lipinski definition) is 3. The number of rotatable bonds is 7. The van der Waals surface area contributed by atoms with Crippen LogP contribution in [0.15, 0.2) is 42.5 Å². The zero-order valence-corrected chi connectivity index (χ0v) is 16.8. The first kappa shape index (κ1) is 20.1. The molecular formula is C23H26N4O3. The van der Waals surface area contributed by atoms with Crippen LogP contribution in [-0.2, 0) is 29.1 Å². The van der Waals surface area contributed by atoms with Gasteiger partial charge in [0, 0.05) is 30.8 Å². The standard InChI is InChI=1S/C23H26N4O3/c24-19-6-2-1-4-16(19)5-3-11-25-13-15-7-8-17-14-27(23(30)18(17)12-15)20-9-10-21(28)26-22(20)29/h1-2,4,6-8,12,20,25H,3,5,9-11,13-14,24H2,(H,26,28,29). The van der Waals surface area contributed by atoms with Gasteiger partial charge in [-0.2, -0.15) is 0 Å². The molecule has 0 bridgehead atoms. The molecule has 1 saturated heterocycles. The van der Waals surface area contributed by atoms with Gasteiger partial charge >= 0.3 is 0 Å². The molecule has 2 aliphatic heterocycles. The number of nitrogens with zero attached hydrogens (tertiary/aromatic N) is 1. The van der Waals surface area contributed by atoms with Crippen molar-refractivity contribution in [1.29, 1.82) is 0 Å². The Morgan fingerprint density at radius 3 is 2.77 bits per heavy atom. The number of amides is 3. The van der Waals surface area contributed by atoms with Crippen LogP contribution in [0.2, 0.25) is 0 Å². The minimum Gasteiger partial charge on any atom is -0.399 e. The van der Waals surface area contributed by atoms with Gasteiger partial charge < -0.3 is 16.0 Å². The molecule has 2 heterocycles. The minimum absolute atomic E-state index is 0.138. The molecule has 0 aromatic heterocycles. The number of carbonyl (C=O) groups excluding carboxylic acids is 3. The summed E-state index contributed by atoms with van der Waals surface area (Å²) in [5, 5.41) is 5.75. The maximum absolute atomic E-state index is 12.9. The van der Waals surface area contributed by atoms with E-state index in [1.807, 2.05) is 36.4 Å². The third-order valence-electron chi connectivity index (χ3n) is 5.78. The van der Waals surface area contributed by atoms with Crippen LogP contribution in [0.1, 0.15) is 46.3 Å². The van der Waals surface area contributed by atoms with E-state index in [0.717, 1.165) is 41.8 Å². The molecule has 7 heteroatoms. The highest BCUT2D eigenvalue weighted by Crippen LogP contribution is 2.28. The van der Waals surface area contributed by atoms with E-state index in [-0.39, 0.29) is 24.1 Å². The lowest BCUT2D eigenvalue weighted by atomic mass is 10.0. The fraction of sp³-hybridized carbons (Fsp3) is 0.348. The van der Waals surface area contributed by atoms with Gasteiger partial charge in [0.2, 0.25) is 11.8 Å². The summed E-state index contributed by atoms with van der Waals surface area (Å²) in [6.07, 6.45) is 2.54. The number of carbonyl (C=O) groups is 3. The van der Waals surface area contributed by atoms with E-state index < -0.39 is 6.04 Å². The fourth-order valence-corrected chi connectivity index (χ4v) is 4.11. The van der Waals surface area contributed by atoms with Crippen molar-refractivity contribution in [2.24, 2.45) is 0 Å². The Balaban J connectivity index is 1.30. The average Bonchev–Trinajstić information content (AvgIpc) is 3.05. The van der Waals surface area contributed by atoms with Gasteiger partial charge in [-0.25, -0.2) is 0 Å². The van der Waals surface area contributed by atoms with E-state index >= 15 is 0 Å². The summed E-state index contributed by atoms with van der Waals surface area (Å²) in [5.74, 6) is -0.794. The number of para-hydroxylation sites is 1. The molecule has 0 spiro atoms. The Kier molecular flexibility index (Phi) is 5.81. The number of aryl methyl sites for hydroxylation is 1. The van der Waals surface area contributed by atoms with E-state index in [4.69, 9.17) is 5.73 Å². The van der Waals surface area contributed by atoms with Crippen molar-refractivity contribution in [2.75, 3.05) is 12.3 Å². The van der Waals surface area contributed by atoms with Crippen LogP contribution in [-0.4, -0.2) is 35.2 Å². The predicted octanol–water partition coefficient (Wildman–Crippen LogP) is 1.75. The summed E-state index contributed by atoms with van der Waals surface area (Å²) in [7, 11) is 0. The lowest BCUT2D eigenvalue weighted by molar-refractivity contribution is -0.136. The number of nitrogens with two attached hydrogens (primary N) is 1. The molecule has 156 valence electrons. The molecule has 2 aromatic carbocycles. The Labute approximate surface area is 175 Å². The molecular weight excluding hydrogens is 380 g/mol. The molecule has 3 amide bonds. The minimum atomic E-state index is -0.574. The van der Waals surface area contributed by atoms with E-state index in [0.29, 0.717) is 25.1 Å². The molecule has 0 aliphatic carbocycles. The molecule has 4 rings (SSSR count). The summed E-state index contributed by atoms with van der Waals surface area (Å²) >= 11 is 0. The second-order valence-corrected chi connectivity index (χ2v) is 7.87. The van der Waals surface area contributed by atoms with Crippen molar-refractivity contribution < 1.29 is 14.4 Å². The topological polar surface area (TPSA) is 105 Å². The maximum Gasteiger partial charge on any atom is 0.255 e. The summed E-state index contributed by atoms with van der Waals surface area (Å²) in [4.78, 5) is 38.0. The van der Waals surface area contributed by atoms with Gasteiger partial charge in [-0.15, -0.1) is 0 Å². The van der Waals surface area contributed by atoms with Crippen molar-refractivity contribution in [3.8, 4) is 0 Å². The van der Waals surface area contributed by atoms with Crippen molar-refractivity contribution >= 4 is 23.4 Å². The van der Waals surface area contributed by atoms with Gasteiger partial charge in [0.1, 0.15) is 6.04 Å². The summed E-state index contributed by atoms with van der Waals surface area (Å²) in [5.41, 5.74) is 10.6. The summed E-state index contributed by atoms with van der Waals surface area (Å²) in [6, 6.07) is 13.2. The zero-order chi connectivity index (χ0) is 21.1. The molecule has 1 fully saturated rings. The Bertz CT molecular complexity index is 988. The summed E-state index contributed by atoms with van der Waals surface area (Å²) in [6.45, 7) is 1.93. The van der Waals surface area contributed by atoms with Gasteiger partial charge in [0.05, 0.1) is 0 Å². The second-order valence-electron chi connectivity index (χ2n) is 7.87. The monoisotopic (exact) mass is 406 g/mol. The smallest absolute Gasteiger partial charge is 0.255 e. The van der Waals surface area contributed by atoms with Crippen LogP contribution < -0.4 is 16.4 Å². The number of nitrogen functional groups attached to an aromatic ring is 1. The highest BCUT2D eigenvalue weighted by atomic mass is 16.2. The molecule has 30 heavy (non-hydrogen) atoms. The average molecular weight is 406 g/mol. The molecule has 2 aromatic rings. The third kappa shape index (κ3) is 4.21. The van der Waals surface area contributed by atoms with Crippen LogP contribution in [0.3, 0.4) is 0 Å². The number of anilines is 1. The highest BCUT2D eigenvalue weighted by molar-refractivity contribution is 6.05. The fourth-order valence-electron chi connectivity index (χ4n) is 4.11. The number of piperidine rings is 1. The number of benzene rings is 2. The molecule has 0 saturated carbocycles. The van der Waals surface area contributed by atoms with E-state index in [1.54, 1.807) is 4.90 Å². The molecule has 1 atom stereocenters. The number of fused-ring (bicyclic) bond motifs is 1. The van der Waals surface area contributed by atoms with Gasteiger partial charge in [0.15, 0.2) is 0 Å². The van der Waals surface area contributed by atoms with Crippen LogP contribution in [0, 0.1) is 0 Å². The van der Waals surface area contributed by atoms with E-state index in [9.17, 15) is 14.4 Å². The normalized spacial score (nSPS) is 18.5. The Morgan fingerprint density at radius 2 is 1.97 bits per heavy atom. The number of nitrogens with one attached hydrogen (secondary N) is 2. The number of imide groups is 1. The first-order valence-corrected chi connectivity index (χ1v) is 10.3. The van der Waals surface area contributed by atoms with Crippen LogP contribution in [0.25, 0.3) is 0 Å². The van der Waals surface area contributed by atoms with Crippen molar-refractivity contribution in [3.05, 3.63) is 64.7 Å². The molecule has 0 radical (unpaired) electrons. The largest absolute Gasteiger partial charge is 0.399 e. The first-order chi connectivity index (χ1) is 14.5. The van der Waals surface area contributed by atoms with Crippen molar-refractivity contribution in [2.45, 2.75) is 44.8 Å². The number of hydrogen-bond acceptors (Lipinski definition) is 5. The highest BCUT2D eigenvalue weighted by Gasteiger charge is 2.39. The van der Waals surface area contributed by atoms with Gasteiger partial charge in [0.25, 0.3) is 5.91 Å². The van der Waals surface area contributed by atoms with Crippen LogP contribution in [0.4, 0.5) is 5.69 Å². The maximum atomic E-state index is 12.9. The van der Waals surface area contributed by atoms with Crippen LogP contribution >= 0.6 is 0 Å². The second kappa shape index (κ2) is 8.67. The Morgan fingerprint density at radius 1 is 1.13 bits per heavy atom. The zero-order valence-electron chi connectivity index (χ0n) is 16.8. The SMILES string of the molecule is Nc1ccccc1CCCNCc1ccc2c(c1)C(=O)N(C1CCC(=O)NC1=O)C2. The lowest BCUT2D eigenvalue weighted by Gasteiger charge is -2.29. The molecule has 1 unspecified atom stereocenters. The van der Waals surface area contributed by atoms with Crippen LogP contribution in [0.5, 0.6) is 0 Å². The molecule has 7 nitrogen and oxygen atoms in total. The quantitative estimate of drug-likeness (QED) is 0.369. The molecule has 4 N–H and O–H groups in total. The van der Waals surface area contributed by atoms with Gasteiger partial charge in [-0.3, -0.25) is 19.7 Å². The third-order valence-corrected chi connectivity index (χ3v) is 5.78. The summed E-state index contributed by atoms with van der Waals surface area (Å²) < 4.78 is 0. The van der Waals surface area contributed by atoms with Crippen molar-refractivity contribution in [1.82, 2.24) is 15.5 Å². The first-order valence-electron chi connectivity index (χ1n) is 10.3. The van der Waals surface area contributed by atoms with E-state index in [1.165, 1.54) is 0 Å². The lowest BCUT2D eigenvalue weighted by Crippen LogP contribution is -2.52. The van der Waals surface area contributed by atoms with Crippen molar-refractivity contribution in [3.63, 3.8) is 0 Å².